The van der Waals surface area contributed by atoms with E-state index in [9.17, 15) is 8.78 Å². The van der Waals surface area contributed by atoms with Crippen LogP contribution in [-0.2, 0) is 6.42 Å². The number of pyridine rings is 1. The third-order valence-electron chi connectivity index (χ3n) is 3.21. The summed E-state index contributed by atoms with van der Waals surface area (Å²) in [5.74, 6) is -1.01. The number of aromatic nitrogens is 1. The molecule has 1 aromatic heterocycles. The van der Waals surface area contributed by atoms with Gasteiger partial charge in [-0.3, -0.25) is 4.98 Å². The molecule has 1 heterocycles. The molecule has 1 unspecified atom stereocenters. The zero-order valence-electron chi connectivity index (χ0n) is 11.4. The number of rotatable bonds is 6. The molecule has 2 nitrogen and oxygen atoms in total. The van der Waals surface area contributed by atoms with Crippen LogP contribution in [0.15, 0.2) is 42.6 Å². The highest BCUT2D eigenvalue weighted by atomic mass is 19.1. The van der Waals surface area contributed by atoms with Gasteiger partial charge in [-0.2, -0.15) is 0 Å². The molecule has 0 saturated heterocycles. The molecule has 0 aliphatic carbocycles. The van der Waals surface area contributed by atoms with Crippen LogP contribution in [0.2, 0.25) is 0 Å². The summed E-state index contributed by atoms with van der Waals surface area (Å²) < 4.78 is 27.7. The Balaban J connectivity index is 2.15. The van der Waals surface area contributed by atoms with E-state index in [1.165, 1.54) is 18.2 Å². The summed E-state index contributed by atoms with van der Waals surface area (Å²) in [5, 5.41) is 3.14. The van der Waals surface area contributed by atoms with Crippen LogP contribution >= 0.6 is 0 Å². The summed E-state index contributed by atoms with van der Waals surface area (Å²) in [6.45, 7) is 2.58. The number of benzene rings is 1. The number of aryl methyl sites for hydroxylation is 1. The van der Waals surface area contributed by atoms with Crippen LogP contribution in [-0.4, -0.2) is 11.5 Å². The predicted octanol–water partition coefficient (Wildman–Crippen LogP) is 3.64. The van der Waals surface area contributed by atoms with Gasteiger partial charge in [-0.1, -0.05) is 19.1 Å². The molecule has 0 aliphatic rings. The number of halogens is 2. The van der Waals surface area contributed by atoms with Gasteiger partial charge in [0.2, 0.25) is 0 Å². The number of nitrogens with zero attached hydrogens (tertiary/aromatic N) is 1. The van der Waals surface area contributed by atoms with Crippen molar-refractivity contribution in [2.75, 3.05) is 6.54 Å². The quantitative estimate of drug-likeness (QED) is 0.871. The fraction of sp³-hybridized carbons (Fsp3) is 0.312. The van der Waals surface area contributed by atoms with E-state index in [1.54, 1.807) is 6.20 Å². The van der Waals surface area contributed by atoms with Crippen molar-refractivity contribution in [2.45, 2.75) is 25.8 Å². The molecule has 2 rings (SSSR count). The number of hydrogen-bond donors (Lipinski definition) is 1. The van der Waals surface area contributed by atoms with E-state index in [-0.39, 0.29) is 11.6 Å². The number of nitrogens with one attached hydrogen (secondary N) is 1. The Hall–Kier alpha value is -1.81. The van der Waals surface area contributed by atoms with Crippen LogP contribution in [0.5, 0.6) is 0 Å². The maximum atomic E-state index is 13.9. The van der Waals surface area contributed by atoms with Crippen LogP contribution in [0.1, 0.15) is 30.6 Å². The molecule has 0 spiro atoms. The molecule has 106 valence electrons. The van der Waals surface area contributed by atoms with Crippen LogP contribution in [0.25, 0.3) is 0 Å². The summed E-state index contributed by atoms with van der Waals surface area (Å²) in [5.41, 5.74) is 1.04. The largest absolute Gasteiger partial charge is 0.310 e. The second-order valence-electron chi connectivity index (χ2n) is 4.61. The molecule has 4 heteroatoms. The normalized spacial score (nSPS) is 12.3. The van der Waals surface area contributed by atoms with Crippen molar-refractivity contribution in [3.05, 3.63) is 65.5 Å². The molecule has 1 N–H and O–H groups in total. The minimum absolute atomic E-state index is 0.116. The van der Waals surface area contributed by atoms with E-state index in [4.69, 9.17) is 0 Å². The van der Waals surface area contributed by atoms with Gasteiger partial charge in [0.15, 0.2) is 0 Å². The third kappa shape index (κ3) is 3.61. The van der Waals surface area contributed by atoms with E-state index < -0.39 is 11.6 Å². The summed E-state index contributed by atoms with van der Waals surface area (Å²) in [4.78, 5) is 4.23. The molecular formula is C16H18F2N2. The molecule has 1 aromatic carbocycles. The predicted molar refractivity (Wildman–Crippen MR) is 75.3 cm³/mol. The van der Waals surface area contributed by atoms with Crippen molar-refractivity contribution < 1.29 is 8.78 Å². The topological polar surface area (TPSA) is 24.9 Å². The Bertz CT molecular complexity index is 523. The first-order valence-corrected chi connectivity index (χ1v) is 6.79. The van der Waals surface area contributed by atoms with Gasteiger partial charge in [-0.25, -0.2) is 8.78 Å². The first kappa shape index (κ1) is 14.6. The fourth-order valence-electron chi connectivity index (χ4n) is 2.28. The monoisotopic (exact) mass is 276 g/mol. The minimum Gasteiger partial charge on any atom is -0.310 e. The van der Waals surface area contributed by atoms with Crippen molar-refractivity contribution >= 4 is 0 Å². The maximum Gasteiger partial charge on any atom is 0.130 e. The van der Waals surface area contributed by atoms with Gasteiger partial charge in [0, 0.05) is 23.5 Å². The van der Waals surface area contributed by atoms with Crippen LogP contribution in [0.4, 0.5) is 8.78 Å². The SMILES string of the molecule is CCNC(CCc1ccccn1)c1c(F)cccc1F. The van der Waals surface area contributed by atoms with Crippen LogP contribution < -0.4 is 5.32 Å². The lowest BCUT2D eigenvalue weighted by molar-refractivity contribution is 0.453. The highest BCUT2D eigenvalue weighted by Gasteiger charge is 2.19. The first-order valence-electron chi connectivity index (χ1n) is 6.79. The molecule has 2 aromatic rings. The van der Waals surface area contributed by atoms with Crippen molar-refractivity contribution in [1.29, 1.82) is 0 Å². The van der Waals surface area contributed by atoms with Gasteiger partial charge in [-0.05, 0) is 43.7 Å². The molecule has 0 fully saturated rings. The zero-order chi connectivity index (χ0) is 14.4. The third-order valence-corrected chi connectivity index (χ3v) is 3.21. The van der Waals surface area contributed by atoms with E-state index in [1.807, 2.05) is 25.1 Å². The molecule has 0 amide bonds. The number of hydrogen-bond acceptors (Lipinski definition) is 2. The van der Waals surface area contributed by atoms with Gasteiger partial charge in [0.25, 0.3) is 0 Å². The fourth-order valence-corrected chi connectivity index (χ4v) is 2.28. The Kier molecular flexibility index (Phi) is 5.18. The Labute approximate surface area is 117 Å². The van der Waals surface area contributed by atoms with E-state index in [0.717, 1.165) is 5.69 Å². The van der Waals surface area contributed by atoms with Gasteiger partial charge < -0.3 is 5.32 Å². The summed E-state index contributed by atoms with van der Waals surface area (Å²) in [6.07, 6.45) is 3.00. The molecule has 1 atom stereocenters. The average molecular weight is 276 g/mol. The molecule has 20 heavy (non-hydrogen) atoms. The molecular weight excluding hydrogens is 258 g/mol. The summed E-state index contributed by atoms with van der Waals surface area (Å²) >= 11 is 0. The van der Waals surface area contributed by atoms with Crippen molar-refractivity contribution in [2.24, 2.45) is 0 Å². The summed E-state index contributed by atoms with van der Waals surface area (Å²) in [6, 6.07) is 9.31. The van der Waals surface area contributed by atoms with Gasteiger partial charge in [0.05, 0.1) is 0 Å². The Morgan fingerprint density at radius 3 is 2.45 bits per heavy atom. The van der Waals surface area contributed by atoms with Gasteiger partial charge in [0.1, 0.15) is 11.6 Å². The van der Waals surface area contributed by atoms with E-state index in [2.05, 4.69) is 10.3 Å². The lowest BCUT2D eigenvalue weighted by Crippen LogP contribution is -2.23. The molecule has 0 aliphatic heterocycles. The van der Waals surface area contributed by atoms with Gasteiger partial charge in [-0.15, -0.1) is 0 Å². The first-order chi connectivity index (χ1) is 9.72. The van der Waals surface area contributed by atoms with Crippen molar-refractivity contribution in [3.63, 3.8) is 0 Å². The average Bonchev–Trinajstić information content (AvgIpc) is 2.45. The molecule has 0 saturated carbocycles. The smallest absolute Gasteiger partial charge is 0.130 e. The second-order valence-corrected chi connectivity index (χ2v) is 4.61. The summed E-state index contributed by atoms with van der Waals surface area (Å²) in [7, 11) is 0. The standard InChI is InChI=1S/C16H18F2N2/c1-2-19-15(10-9-12-6-3-4-11-20-12)16-13(17)7-5-8-14(16)18/h3-8,11,15,19H,2,9-10H2,1H3. The minimum atomic E-state index is -0.503. The highest BCUT2D eigenvalue weighted by molar-refractivity contribution is 5.23. The maximum absolute atomic E-state index is 13.9. The zero-order valence-corrected chi connectivity index (χ0v) is 11.4. The van der Waals surface area contributed by atoms with Gasteiger partial charge >= 0.3 is 0 Å². The highest BCUT2D eigenvalue weighted by Crippen LogP contribution is 2.24. The van der Waals surface area contributed by atoms with E-state index >= 15 is 0 Å². The molecule has 0 bridgehead atoms. The second kappa shape index (κ2) is 7.10. The van der Waals surface area contributed by atoms with E-state index in [0.29, 0.717) is 19.4 Å². The lowest BCUT2D eigenvalue weighted by Gasteiger charge is -2.19. The molecule has 0 radical (unpaired) electrons. The van der Waals surface area contributed by atoms with Crippen molar-refractivity contribution in [1.82, 2.24) is 10.3 Å². The lowest BCUT2D eigenvalue weighted by atomic mass is 9.99. The van der Waals surface area contributed by atoms with Crippen LogP contribution in [0, 0.1) is 11.6 Å². The Morgan fingerprint density at radius 1 is 1.10 bits per heavy atom. The van der Waals surface area contributed by atoms with Crippen molar-refractivity contribution in [3.8, 4) is 0 Å². The Morgan fingerprint density at radius 2 is 1.85 bits per heavy atom. The van der Waals surface area contributed by atoms with Crippen LogP contribution in [0.3, 0.4) is 0 Å².